The van der Waals surface area contributed by atoms with Crippen molar-refractivity contribution in [1.82, 2.24) is 14.8 Å². The normalized spacial score (nSPS) is 10.8. The number of aryl methyl sites for hydroxylation is 1. The van der Waals surface area contributed by atoms with Crippen molar-refractivity contribution in [2.24, 2.45) is 5.92 Å². The van der Waals surface area contributed by atoms with E-state index in [2.05, 4.69) is 24.1 Å². The Morgan fingerprint density at radius 1 is 1.17 bits per heavy atom. The molecule has 0 aliphatic carbocycles. The minimum Gasteiger partial charge on any atom is -0.497 e. The van der Waals surface area contributed by atoms with E-state index in [1.807, 2.05) is 25.1 Å². The van der Waals surface area contributed by atoms with Crippen LogP contribution < -0.4 is 14.8 Å². The summed E-state index contributed by atoms with van der Waals surface area (Å²) in [5, 5.41) is 7.54. The second-order valence-electron chi connectivity index (χ2n) is 7.25. The number of aromatic nitrogens is 3. The highest BCUT2D eigenvalue weighted by Gasteiger charge is 2.21. The van der Waals surface area contributed by atoms with Crippen LogP contribution in [0.1, 0.15) is 29.8 Å². The summed E-state index contributed by atoms with van der Waals surface area (Å²) < 4.78 is 12.5. The fourth-order valence-electron chi connectivity index (χ4n) is 3.05. The first-order chi connectivity index (χ1) is 13.9. The van der Waals surface area contributed by atoms with Crippen LogP contribution in [0.15, 0.2) is 42.7 Å². The SMILES string of the molecule is COc1ccnc(NC(=O)c2cn(CC(C)C)nc2-c2cc(C)ccc2OC)c1. The maximum absolute atomic E-state index is 13.1. The number of rotatable bonds is 7. The van der Waals surface area contributed by atoms with Crippen molar-refractivity contribution in [2.45, 2.75) is 27.3 Å². The maximum atomic E-state index is 13.1. The average molecular weight is 394 g/mol. The lowest BCUT2D eigenvalue weighted by Crippen LogP contribution is -2.13. The number of pyridine rings is 1. The van der Waals surface area contributed by atoms with E-state index < -0.39 is 0 Å². The van der Waals surface area contributed by atoms with Crippen molar-refractivity contribution in [3.63, 3.8) is 0 Å². The summed E-state index contributed by atoms with van der Waals surface area (Å²) in [7, 11) is 3.18. The third-order valence-corrected chi connectivity index (χ3v) is 4.38. The Bertz CT molecular complexity index is 1010. The number of anilines is 1. The van der Waals surface area contributed by atoms with Crippen LogP contribution in [0.25, 0.3) is 11.3 Å². The lowest BCUT2D eigenvalue weighted by atomic mass is 10.0. The maximum Gasteiger partial charge on any atom is 0.260 e. The highest BCUT2D eigenvalue weighted by atomic mass is 16.5. The van der Waals surface area contributed by atoms with Crippen LogP contribution in [0.3, 0.4) is 0 Å². The van der Waals surface area contributed by atoms with Crippen LogP contribution in [-0.2, 0) is 6.54 Å². The molecule has 1 N–H and O–H groups in total. The van der Waals surface area contributed by atoms with Crippen molar-refractivity contribution >= 4 is 11.7 Å². The summed E-state index contributed by atoms with van der Waals surface area (Å²) in [6, 6.07) is 9.22. The van der Waals surface area contributed by atoms with Crippen molar-refractivity contribution < 1.29 is 14.3 Å². The van der Waals surface area contributed by atoms with Gasteiger partial charge in [0.25, 0.3) is 5.91 Å². The number of hydrogen-bond donors (Lipinski definition) is 1. The summed E-state index contributed by atoms with van der Waals surface area (Å²) in [4.78, 5) is 17.3. The van der Waals surface area contributed by atoms with E-state index in [-0.39, 0.29) is 5.91 Å². The van der Waals surface area contributed by atoms with Gasteiger partial charge in [-0.15, -0.1) is 0 Å². The second kappa shape index (κ2) is 8.77. The topological polar surface area (TPSA) is 78.3 Å². The Hall–Kier alpha value is -3.35. The molecule has 0 spiro atoms. The molecule has 7 nitrogen and oxygen atoms in total. The molecule has 0 atom stereocenters. The van der Waals surface area contributed by atoms with Crippen molar-refractivity contribution in [3.8, 4) is 22.8 Å². The van der Waals surface area contributed by atoms with Gasteiger partial charge in [-0.3, -0.25) is 9.48 Å². The van der Waals surface area contributed by atoms with Gasteiger partial charge in [-0.2, -0.15) is 5.10 Å². The monoisotopic (exact) mass is 394 g/mol. The second-order valence-corrected chi connectivity index (χ2v) is 7.25. The number of benzene rings is 1. The van der Waals surface area contributed by atoms with Gasteiger partial charge < -0.3 is 14.8 Å². The van der Waals surface area contributed by atoms with Gasteiger partial charge in [0.05, 0.1) is 19.8 Å². The van der Waals surface area contributed by atoms with Gasteiger partial charge in [0.15, 0.2) is 0 Å². The van der Waals surface area contributed by atoms with Crippen molar-refractivity contribution in [1.29, 1.82) is 0 Å². The van der Waals surface area contributed by atoms with E-state index in [0.29, 0.717) is 41.0 Å². The minimum absolute atomic E-state index is 0.292. The largest absolute Gasteiger partial charge is 0.497 e. The number of nitrogens with zero attached hydrogens (tertiary/aromatic N) is 3. The summed E-state index contributed by atoms with van der Waals surface area (Å²) >= 11 is 0. The highest BCUT2D eigenvalue weighted by molar-refractivity contribution is 6.08. The fourth-order valence-corrected chi connectivity index (χ4v) is 3.05. The van der Waals surface area contributed by atoms with Crippen LogP contribution >= 0.6 is 0 Å². The molecule has 0 radical (unpaired) electrons. The predicted octanol–water partition coefficient (Wildman–Crippen LogP) is 4.18. The summed E-state index contributed by atoms with van der Waals surface area (Å²) in [6.07, 6.45) is 3.35. The van der Waals surface area contributed by atoms with E-state index >= 15 is 0 Å². The lowest BCUT2D eigenvalue weighted by Gasteiger charge is -2.10. The van der Waals surface area contributed by atoms with E-state index in [9.17, 15) is 4.79 Å². The molecule has 0 saturated heterocycles. The van der Waals surface area contributed by atoms with Gasteiger partial charge in [0, 0.05) is 30.6 Å². The lowest BCUT2D eigenvalue weighted by molar-refractivity contribution is 0.102. The Morgan fingerprint density at radius 3 is 2.66 bits per heavy atom. The van der Waals surface area contributed by atoms with Crippen molar-refractivity contribution in [2.75, 3.05) is 19.5 Å². The Labute approximate surface area is 170 Å². The molecule has 29 heavy (non-hydrogen) atoms. The van der Waals surface area contributed by atoms with Crippen LogP contribution in [0.4, 0.5) is 5.82 Å². The molecular weight excluding hydrogens is 368 g/mol. The first-order valence-corrected chi connectivity index (χ1v) is 9.45. The number of carbonyl (C=O) groups is 1. The van der Waals surface area contributed by atoms with E-state index in [0.717, 1.165) is 11.1 Å². The van der Waals surface area contributed by atoms with Crippen molar-refractivity contribution in [3.05, 3.63) is 53.9 Å². The van der Waals surface area contributed by atoms with Crippen LogP contribution in [0.2, 0.25) is 0 Å². The molecule has 0 fully saturated rings. The molecular formula is C22H26N4O3. The molecule has 3 aromatic rings. The third-order valence-electron chi connectivity index (χ3n) is 4.38. The zero-order valence-electron chi connectivity index (χ0n) is 17.4. The molecule has 0 bridgehead atoms. The molecule has 0 unspecified atom stereocenters. The highest BCUT2D eigenvalue weighted by Crippen LogP contribution is 2.32. The Morgan fingerprint density at radius 2 is 1.97 bits per heavy atom. The molecule has 3 rings (SSSR count). The molecule has 2 aromatic heterocycles. The molecule has 1 aromatic carbocycles. The molecule has 2 heterocycles. The van der Waals surface area contributed by atoms with Crippen LogP contribution in [0, 0.1) is 12.8 Å². The first kappa shape index (κ1) is 20.4. The number of carbonyl (C=O) groups excluding carboxylic acids is 1. The van der Waals surface area contributed by atoms with E-state index in [4.69, 9.17) is 14.6 Å². The zero-order chi connectivity index (χ0) is 21.0. The Kier molecular flexibility index (Phi) is 6.16. The molecule has 1 amide bonds. The van der Waals surface area contributed by atoms with Gasteiger partial charge in [-0.1, -0.05) is 25.5 Å². The number of nitrogens with one attached hydrogen (secondary N) is 1. The standard InChI is InChI=1S/C22H26N4O3/c1-14(2)12-26-13-18(22(27)24-20-11-16(28-4)8-9-23-20)21(25-26)17-10-15(3)6-7-19(17)29-5/h6-11,13-14H,12H2,1-5H3,(H,23,24,27). The minimum atomic E-state index is -0.292. The number of methoxy groups -OCH3 is 2. The number of ether oxygens (including phenoxy) is 2. The van der Waals surface area contributed by atoms with Gasteiger partial charge in [-0.05, 0) is 31.0 Å². The van der Waals surface area contributed by atoms with E-state index in [1.54, 1.807) is 43.4 Å². The quantitative estimate of drug-likeness (QED) is 0.650. The molecule has 0 saturated carbocycles. The summed E-state index contributed by atoms with van der Waals surface area (Å²) in [6.45, 7) is 6.91. The Balaban J connectivity index is 2.04. The molecule has 0 aliphatic rings. The predicted molar refractivity (Wildman–Crippen MR) is 113 cm³/mol. The summed E-state index contributed by atoms with van der Waals surface area (Å²) in [5.41, 5.74) is 2.87. The first-order valence-electron chi connectivity index (χ1n) is 9.45. The molecule has 7 heteroatoms. The third kappa shape index (κ3) is 4.74. The zero-order valence-corrected chi connectivity index (χ0v) is 17.4. The average Bonchev–Trinajstić information content (AvgIpc) is 3.11. The van der Waals surface area contributed by atoms with Crippen LogP contribution in [-0.4, -0.2) is 34.9 Å². The molecule has 0 aliphatic heterocycles. The van der Waals surface area contributed by atoms with Crippen LogP contribution in [0.5, 0.6) is 11.5 Å². The summed E-state index contributed by atoms with van der Waals surface area (Å²) in [5.74, 6) is 1.79. The number of hydrogen-bond acceptors (Lipinski definition) is 5. The fraction of sp³-hybridized carbons (Fsp3) is 0.318. The smallest absolute Gasteiger partial charge is 0.260 e. The van der Waals surface area contributed by atoms with Gasteiger partial charge in [0.2, 0.25) is 0 Å². The van der Waals surface area contributed by atoms with Gasteiger partial charge in [-0.25, -0.2) is 4.98 Å². The number of amides is 1. The van der Waals surface area contributed by atoms with Gasteiger partial charge >= 0.3 is 0 Å². The van der Waals surface area contributed by atoms with E-state index in [1.165, 1.54) is 0 Å². The van der Waals surface area contributed by atoms with Gasteiger partial charge in [0.1, 0.15) is 23.0 Å². The molecule has 152 valence electrons.